The molecule has 0 spiro atoms. The van der Waals surface area contributed by atoms with E-state index in [4.69, 9.17) is 19.7 Å². The highest BCUT2D eigenvalue weighted by Gasteiger charge is 2.43. The van der Waals surface area contributed by atoms with E-state index in [0.717, 1.165) is 76.4 Å². The van der Waals surface area contributed by atoms with E-state index in [1.807, 2.05) is 6.92 Å². The predicted molar refractivity (Wildman–Crippen MR) is 189 cm³/mol. The number of hydrogen-bond acceptors (Lipinski definition) is 9. The first kappa shape index (κ1) is 36.3. The highest BCUT2D eigenvalue weighted by Crippen LogP contribution is 2.36. The third kappa shape index (κ3) is 10.5. The highest BCUT2D eigenvalue weighted by molar-refractivity contribution is 5.41. The van der Waals surface area contributed by atoms with E-state index in [1.54, 1.807) is 0 Å². The summed E-state index contributed by atoms with van der Waals surface area (Å²) in [6, 6.07) is 0.977. The number of nitrogens with zero attached hydrogens (tertiary/aromatic N) is 6. The number of hydrogen-bond donors (Lipinski definition) is 2. The molecule has 258 valence electrons. The van der Waals surface area contributed by atoms with Crippen molar-refractivity contribution in [1.29, 1.82) is 0 Å². The van der Waals surface area contributed by atoms with Crippen LogP contribution in [0.2, 0.25) is 0 Å². The fourth-order valence-electron chi connectivity index (χ4n) is 8.89. The fourth-order valence-corrected chi connectivity index (χ4v) is 8.89. The molecule has 9 nitrogen and oxygen atoms in total. The van der Waals surface area contributed by atoms with Crippen molar-refractivity contribution >= 4 is 11.9 Å². The molecule has 1 aromatic rings. The molecule has 3 fully saturated rings. The van der Waals surface area contributed by atoms with E-state index in [0.29, 0.717) is 12.1 Å². The summed E-state index contributed by atoms with van der Waals surface area (Å²) >= 11 is 0. The van der Waals surface area contributed by atoms with E-state index in [-0.39, 0.29) is 27.7 Å². The average molecular weight is 629 g/mol. The van der Waals surface area contributed by atoms with E-state index >= 15 is 0 Å². The average Bonchev–Trinajstić information content (AvgIpc) is 2.86. The number of rotatable bonds is 11. The molecule has 0 aromatic carbocycles. The Kier molecular flexibility index (Phi) is 11.2. The second kappa shape index (κ2) is 13.9. The first-order chi connectivity index (χ1) is 20.7. The second-order valence-corrected chi connectivity index (χ2v) is 18.0. The summed E-state index contributed by atoms with van der Waals surface area (Å²) in [5.74, 6) is 2.44. The summed E-state index contributed by atoms with van der Waals surface area (Å²) in [6.45, 7) is 33.3. The smallest absolute Gasteiger partial charge is 0.230 e. The van der Waals surface area contributed by atoms with E-state index < -0.39 is 0 Å². The third-order valence-electron chi connectivity index (χ3n) is 9.90. The van der Waals surface area contributed by atoms with Crippen molar-refractivity contribution in [3.63, 3.8) is 0 Å². The van der Waals surface area contributed by atoms with Crippen LogP contribution in [0, 0.1) is 6.92 Å². The molecule has 0 saturated carbocycles. The molecule has 0 unspecified atom stereocenters. The predicted octanol–water partition coefficient (Wildman–Crippen LogP) is 6.10. The Morgan fingerprint density at radius 3 is 1.71 bits per heavy atom. The minimum Gasteiger partial charge on any atom is -0.378 e. The molecular weight excluding hydrogens is 560 g/mol. The lowest BCUT2D eigenvalue weighted by Gasteiger charge is -2.53. The molecule has 0 atom stereocenters. The summed E-state index contributed by atoms with van der Waals surface area (Å²) in [7, 11) is 0. The van der Waals surface area contributed by atoms with Gasteiger partial charge in [0.2, 0.25) is 11.9 Å². The molecule has 3 saturated heterocycles. The Bertz CT molecular complexity index is 1070. The lowest BCUT2D eigenvalue weighted by molar-refractivity contribution is 0.0111. The minimum absolute atomic E-state index is 0.0496. The monoisotopic (exact) mass is 629 g/mol. The highest BCUT2D eigenvalue weighted by atomic mass is 16.5. The van der Waals surface area contributed by atoms with Crippen LogP contribution in [-0.4, -0.2) is 99.0 Å². The minimum atomic E-state index is 0.0496. The van der Waals surface area contributed by atoms with Crippen molar-refractivity contribution in [3.05, 3.63) is 5.82 Å². The fraction of sp³-hybridized carbons (Fsp3) is 0.917. The maximum Gasteiger partial charge on any atom is 0.230 e. The Morgan fingerprint density at radius 2 is 1.20 bits per heavy atom. The number of aromatic nitrogens is 3. The quantitative estimate of drug-likeness (QED) is 0.283. The molecule has 3 aliphatic rings. The maximum absolute atomic E-state index is 5.61. The van der Waals surface area contributed by atoms with Crippen LogP contribution in [0.3, 0.4) is 0 Å². The van der Waals surface area contributed by atoms with Crippen molar-refractivity contribution in [2.45, 2.75) is 174 Å². The molecule has 2 N–H and O–H groups in total. The van der Waals surface area contributed by atoms with Crippen LogP contribution in [0.1, 0.15) is 133 Å². The molecular formula is C36H68N8O. The van der Waals surface area contributed by atoms with Crippen LogP contribution in [0.5, 0.6) is 0 Å². The lowest BCUT2D eigenvalue weighted by atomic mass is 9.78. The van der Waals surface area contributed by atoms with Crippen molar-refractivity contribution in [3.8, 4) is 0 Å². The van der Waals surface area contributed by atoms with Gasteiger partial charge in [-0.15, -0.1) is 0 Å². The maximum atomic E-state index is 5.61. The molecule has 3 aliphatic heterocycles. The van der Waals surface area contributed by atoms with E-state index in [9.17, 15) is 0 Å². The van der Waals surface area contributed by atoms with Crippen molar-refractivity contribution in [2.75, 3.05) is 49.2 Å². The van der Waals surface area contributed by atoms with Crippen LogP contribution in [0.4, 0.5) is 11.9 Å². The topological polar surface area (TPSA) is 81.7 Å². The molecule has 1 aromatic heterocycles. The zero-order valence-corrected chi connectivity index (χ0v) is 31.1. The van der Waals surface area contributed by atoms with Gasteiger partial charge in [0.25, 0.3) is 0 Å². The normalized spacial score (nSPS) is 23.8. The van der Waals surface area contributed by atoms with Crippen molar-refractivity contribution in [1.82, 2.24) is 30.5 Å². The summed E-state index contributed by atoms with van der Waals surface area (Å²) in [4.78, 5) is 22.4. The van der Waals surface area contributed by atoms with Crippen molar-refractivity contribution < 1.29 is 4.74 Å². The van der Waals surface area contributed by atoms with Crippen LogP contribution < -0.4 is 20.4 Å². The van der Waals surface area contributed by atoms with Crippen LogP contribution in [0.25, 0.3) is 0 Å². The van der Waals surface area contributed by atoms with E-state index in [2.05, 4.69) is 101 Å². The number of ether oxygens (including phenoxy) is 1. The van der Waals surface area contributed by atoms with Gasteiger partial charge in [0.1, 0.15) is 5.82 Å². The van der Waals surface area contributed by atoms with Gasteiger partial charge >= 0.3 is 0 Å². The van der Waals surface area contributed by atoms with Gasteiger partial charge in [-0.2, -0.15) is 15.0 Å². The molecule has 9 heteroatoms. The Morgan fingerprint density at radius 1 is 0.711 bits per heavy atom. The van der Waals surface area contributed by atoms with Crippen LogP contribution in [0.15, 0.2) is 0 Å². The van der Waals surface area contributed by atoms with Gasteiger partial charge in [0, 0.05) is 59.4 Å². The van der Waals surface area contributed by atoms with Gasteiger partial charge in [-0.25, -0.2) is 0 Å². The Balaban J connectivity index is 1.43. The largest absolute Gasteiger partial charge is 0.378 e. The standard InChI is InChI=1S/C36H68N8O/c1-27-37-30(42-19-21-45-22-20-42)39-31(38-27)43(28-23-33(5,6)40-34(7,8)24-28)17-15-13-14-16-18-44(32(2,3)4)29-25-35(9,10)41-36(11,12)26-29/h28-29,40-41H,13-26H2,1-12H3. The first-order valence-electron chi connectivity index (χ1n) is 17.9. The molecule has 45 heavy (non-hydrogen) atoms. The molecule has 0 aliphatic carbocycles. The van der Waals surface area contributed by atoms with Crippen LogP contribution >= 0.6 is 0 Å². The van der Waals surface area contributed by atoms with E-state index in [1.165, 1.54) is 32.1 Å². The third-order valence-corrected chi connectivity index (χ3v) is 9.90. The number of anilines is 2. The zero-order valence-electron chi connectivity index (χ0n) is 31.1. The molecule has 0 amide bonds. The van der Waals surface area contributed by atoms with Gasteiger partial charge in [-0.05, 0) is 128 Å². The number of morpholine rings is 1. The Hall–Kier alpha value is -1.55. The van der Waals surface area contributed by atoms with Gasteiger partial charge in [-0.1, -0.05) is 12.8 Å². The van der Waals surface area contributed by atoms with Gasteiger partial charge < -0.3 is 25.2 Å². The summed E-state index contributed by atoms with van der Waals surface area (Å²) in [5.41, 5.74) is 0.578. The summed E-state index contributed by atoms with van der Waals surface area (Å²) in [5, 5.41) is 7.76. The summed E-state index contributed by atoms with van der Waals surface area (Å²) < 4.78 is 5.61. The van der Waals surface area contributed by atoms with Gasteiger partial charge in [-0.3, -0.25) is 4.90 Å². The first-order valence-corrected chi connectivity index (χ1v) is 17.9. The number of aryl methyl sites for hydroxylation is 1. The molecule has 0 radical (unpaired) electrons. The number of nitrogens with one attached hydrogen (secondary N) is 2. The molecule has 4 rings (SSSR count). The molecule has 4 heterocycles. The lowest BCUT2D eigenvalue weighted by Crippen LogP contribution is -2.64. The second-order valence-electron chi connectivity index (χ2n) is 18.0. The number of piperidine rings is 2. The van der Waals surface area contributed by atoms with Crippen LogP contribution in [-0.2, 0) is 4.74 Å². The van der Waals surface area contributed by atoms with Crippen molar-refractivity contribution in [2.24, 2.45) is 0 Å². The summed E-state index contributed by atoms with van der Waals surface area (Å²) in [6.07, 6.45) is 9.38. The number of unbranched alkanes of at least 4 members (excludes halogenated alkanes) is 3. The zero-order chi connectivity index (χ0) is 33.3. The SMILES string of the molecule is Cc1nc(N2CCOCC2)nc(N(CCCCCCN(C2CC(C)(C)NC(C)(C)C2)C(C)(C)C)C2CC(C)(C)NC(C)(C)C2)n1. The van der Waals surface area contributed by atoms with Gasteiger partial charge in [0.15, 0.2) is 0 Å². The Labute approximate surface area is 276 Å². The molecule has 0 bridgehead atoms. The van der Waals surface area contributed by atoms with Gasteiger partial charge in [0.05, 0.1) is 13.2 Å².